The maximum Gasteiger partial charge on any atom is 0.573 e. The van der Waals surface area contributed by atoms with Crippen LogP contribution in [-0.2, 0) is 5.54 Å². The van der Waals surface area contributed by atoms with Gasteiger partial charge in [-0.2, -0.15) is 0 Å². The van der Waals surface area contributed by atoms with Crippen LogP contribution in [0.2, 0.25) is 0 Å². The third-order valence-corrected chi connectivity index (χ3v) is 2.61. The highest BCUT2D eigenvalue weighted by Crippen LogP contribution is 2.26. The molecule has 1 atom stereocenters. The zero-order valence-electron chi connectivity index (χ0n) is 10.2. The molecule has 18 heavy (non-hydrogen) atoms. The van der Waals surface area contributed by atoms with Gasteiger partial charge in [0.2, 0.25) is 0 Å². The number of hydrogen-bond acceptors (Lipinski definition) is 3. The van der Waals surface area contributed by atoms with E-state index in [1.165, 1.54) is 24.3 Å². The topological polar surface area (TPSA) is 41.5 Å². The van der Waals surface area contributed by atoms with E-state index < -0.39 is 11.9 Å². The summed E-state index contributed by atoms with van der Waals surface area (Å²) in [4.78, 5) is 0. The van der Waals surface area contributed by atoms with Gasteiger partial charge >= 0.3 is 6.36 Å². The fourth-order valence-corrected chi connectivity index (χ4v) is 1.66. The zero-order chi connectivity index (χ0) is 13.8. The van der Waals surface area contributed by atoms with Crippen molar-refractivity contribution in [3.05, 3.63) is 29.8 Å². The summed E-state index contributed by atoms with van der Waals surface area (Å²) in [5.74, 6) is -0.275. The Labute approximate surface area is 104 Å². The molecule has 6 heteroatoms. The molecule has 1 aromatic carbocycles. The van der Waals surface area contributed by atoms with Gasteiger partial charge < -0.3 is 15.2 Å². The van der Waals surface area contributed by atoms with Crippen LogP contribution in [0.25, 0.3) is 0 Å². The molecule has 1 unspecified atom stereocenters. The van der Waals surface area contributed by atoms with Gasteiger partial charge in [0.25, 0.3) is 0 Å². The first kappa shape index (κ1) is 14.8. The summed E-state index contributed by atoms with van der Waals surface area (Å²) in [6, 6.07) is 5.46. The Hall–Kier alpha value is -1.27. The molecule has 0 aliphatic heterocycles. The van der Waals surface area contributed by atoms with E-state index in [4.69, 9.17) is 0 Å². The number of hydrogen-bond donors (Lipinski definition) is 2. The van der Waals surface area contributed by atoms with E-state index in [9.17, 15) is 18.3 Å². The van der Waals surface area contributed by atoms with Crippen LogP contribution in [0.3, 0.4) is 0 Å². The van der Waals surface area contributed by atoms with E-state index in [-0.39, 0.29) is 12.4 Å². The fourth-order valence-electron chi connectivity index (χ4n) is 1.66. The molecule has 0 fully saturated rings. The Morgan fingerprint density at radius 2 is 1.78 bits per heavy atom. The molecule has 0 aliphatic rings. The second-order valence-corrected chi connectivity index (χ2v) is 4.09. The molecule has 0 aromatic heterocycles. The van der Waals surface area contributed by atoms with E-state index in [0.29, 0.717) is 12.1 Å². The lowest BCUT2D eigenvalue weighted by Crippen LogP contribution is -2.42. The van der Waals surface area contributed by atoms with Gasteiger partial charge in [0.1, 0.15) is 5.75 Å². The number of alkyl halides is 3. The van der Waals surface area contributed by atoms with E-state index >= 15 is 0 Å². The third kappa shape index (κ3) is 3.89. The predicted octanol–water partition coefficient (Wildman–Crippen LogP) is 2.40. The van der Waals surface area contributed by atoms with Gasteiger partial charge in [-0.25, -0.2) is 0 Å². The Kier molecular flexibility index (Phi) is 4.59. The lowest BCUT2D eigenvalue weighted by atomic mass is 9.93. The first-order chi connectivity index (χ1) is 8.30. The van der Waals surface area contributed by atoms with Gasteiger partial charge in [-0.1, -0.05) is 19.1 Å². The normalized spacial score (nSPS) is 15.2. The monoisotopic (exact) mass is 263 g/mol. The SMILES string of the molecule is CCNC(C)(CO)c1ccc(OC(F)(F)F)cc1. The quantitative estimate of drug-likeness (QED) is 0.857. The molecule has 0 bridgehead atoms. The van der Waals surface area contributed by atoms with Gasteiger partial charge in [-0.15, -0.1) is 13.2 Å². The van der Waals surface area contributed by atoms with Crippen molar-refractivity contribution in [1.29, 1.82) is 0 Å². The average molecular weight is 263 g/mol. The third-order valence-electron chi connectivity index (χ3n) is 2.61. The minimum absolute atomic E-state index is 0.152. The van der Waals surface area contributed by atoms with Crippen molar-refractivity contribution in [2.24, 2.45) is 0 Å². The van der Waals surface area contributed by atoms with E-state index in [1.807, 2.05) is 6.92 Å². The number of ether oxygens (including phenoxy) is 1. The molecule has 2 N–H and O–H groups in total. The van der Waals surface area contributed by atoms with Crippen LogP contribution in [0, 0.1) is 0 Å². The van der Waals surface area contributed by atoms with Gasteiger partial charge in [-0.05, 0) is 31.2 Å². The molecule has 102 valence electrons. The molecule has 0 saturated carbocycles. The van der Waals surface area contributed by atoms with Crippen molar-refractivity contribution >= 4 is 0 Å². The number of aliphatic hydroxyl groups is 1. The zero-order valence-corrected chi connectivity index (χ0v) is 10.2. The minimum Gasteiger partial charge on any atom is -0.406 e. The molecular formula is C12H16F3NO2. The fraction of sp³-hybridized carbons (Fsp3) is 0.500. The summed E-state index contributed by atoms with van der Waals surface area (Å²) in [6.07, 6.45) is -4.69. The highest BCUT2D eigenvalue weighted by Gasteiger charge is 2.31. The van der Waals surface area contributed by atoms with Crippen molar-refractivity contribution in [1.82, 2.24) is 5.32 Å². The molecule has 0 saturated heterocycles. The first-order valence-electron chi connectivity index (χ1n) is 5.53. The van der Waals surface area contributed by atoms with Crippen molar-refractivity contribution in [2.75, 3.05) is 13.2 Å². The molecule has 0 spiro atoms. The summed E-state index contributed by atoms with van der Waals surface area (Å²) in [5, 5.41) is 12.4. The first-order valence-corrected chi connectivity index (χ1v) is 5.53. The van der Waals surface area contributed by atoms with Gasteiger partial charge in [0.05, 0.1) is 12.1 Å². The van der Waals surface area contributed by atoms with E-state index in [1.54, 1.807) is 6.92 Å². The average Bonchev–Trinajstić information content (AvgIpc) is 2.28. The van der Waals surface area contributed by atoms with Gasteiger partial charge in [-0.3, -0.25) is 0 Å². The summed E-state index contributed by atoms with van der Waals surface area (Å²) in [7, 11) is 0. The van der Waals surface area contributed by atoms with Gasteiger partial charge in [0, 0.05) is 0 Å². The largest absolute Gasteiger partial charge is 0.573 e. The number of benzene rings is 1. The van der Waals surface area contributed by atoms with Gasteiger partial charge in [0.15, 0.2) is 0 Å². The lowest BCUT2D eigenvalue weighted by molar-refractivity contribution is -0.274. The van der Waals surface area contributed by atoms with Crippen LogP contribution >= 0.6 is 0 Å². The second kappa shape index (κ2) is 5.58. The van der Waals surface area contributed by atoms with Crippen LogP contribution in [0.1, 0.15) is 19.4 Å². The molecule has 3 nitrogen and oxygen atoms in total. The summed E-state index contributed by atoms with van der Waals surface area (Å²) in [6.45, 7) is 4.14. The summed E-state index contributed by atoms with van der Waals surface area (Å²) >= 11 is 0. The van der Waals surface area contributed by atoms with Crippen LogP contribution in [-0.4, -0.2) is 24.6 Å². The molecule has 0 radical (unpaired) electrons. The summed E-state index contributed by atoms with van der Waals surface area (Å²) < 4.78 is 39.7. The molecule has 1 rings (SSSR count). The molecular weight excluding hydrogens is 247 g/mol. The maximum atomic E-state index is 12.0. The number of nitrogens with one attached hydrogen (secondary N) is 1. The Bertz CT molecular complexity index is 378. The maximum absolute atomic E-state index is 12.0. The smallest absolute Gasteiger partial charge is 0.406 e. The van der Waals surface area contributed by atoms with Crippen LogP contribution in [0.15, 0.2) is 24.3 Å². The Morgan fingerprint density at radius 3 is 2.17 bits per heavy atom. The van der Waals surface area contributed by atoms with Crippen LogP contribution in [0.5, 0.6) is 5.75 Å². The Balaban J connectivity index is 2.87. The van der Waals surface area contributed by atoms with Crippen molar-refractivity contribution in [2.45, 2.75) is 25.7 Å². The highest BCUT2D eigenvalue weighted by molar-refractivity contribution is 5.31. The van der Waals surface area contributed by atoms with Crippen LogP contribution < -0.4 is 10.1 Å². The minimum atomic E-state index is -4.69. The molecule has 0 heterocycles. The number of likely N-dealkylation sites (N-methyl/N-ethyl adjacent to an activating group) is 1. The number of halogens is 3. The van der Waals surface area contributed by atoms with E-state index in [2.05, 4.69) is 10.1 Å². The summed E-state index contributed by atoms with van der Waals surface area (Å²) in [5.41, 5.74) is 0.0206. The number of rotatable bonds is 5. The molecule has 0 aliphatic carbocycles. The molecule has 0 amide bonds. The van der Waals surface area contributed by atoms with E-state index in [0.717, 1.165) is 0 Å². The number of aliphatic hydroxyl groups excluding tert-OH is 1. The highest BCUT2D eigenvalue weighted by atomic mass is 19.4. The Morgan fingerprint density at radius 1 is 1.22 bits per heavy atom. The van der Waals surface area contributed by atoms with Crippen molar-refractivity contribution < 1.29 is 23.0 Å². The van der Waals surface area contributed by atoms with Crippen molar-refractivity contribution in [3.63, 3.8) is 0 Å². The molecule has 1 aromatic rings. The standard InChI is InChI=1S/C12H16F3NO2/c1-3-16-11(2,8-17)9-4-6-10(7-5-9)18-12(13,14)15/h4-7,16-17H,3,8H2,1-2H3. The van der Waals surface area contributed by atoms with Crippen LogP contribution in [0.4, 0.5) is 13.2 Å². The van der Waals surface area contributed by atoms with Crippen molar-refractivity contribution in [3.8, 4) is 5.75 Å². The predicted molar refractivity (Wildman–Crippen MR) is 61.2 cm³/mol. The second-order valence-electron chi connectivity index (χ2n) is 4.09. The lowest BCUT2D eigenvalue weighted by Gasteiger charge is -2.29.